The maximum absolute atomic E-state index is 6.01. The third kappa shape index (κ3) is 4.57. The first-order valence-corrected chi connectivity index (χ1v) is 7.27. The first-order valence-electron chi connectivity index (χ1n) is 6.89. The predicted octanol–water partition coefficient (Wildman–Crippen LogP) is 4.54. The third-order valence-corrected chi connectivity index (χ3v) is 3.41. The van der Waals surface area contributed by atoms with Gasteiger partial charge in [-0.1, -0.05) is 17.7 Å². The molecular formula is C17H20ClNO2. The van der Waals surface area contributed by atoms with Crippen molar-refractivity contribution in [3.05, 3.63) is 53.1 Å². The highest BCUT2D eigenvalue weighted by Crippen LogP contribution is 2.21. The quantitative estimate of drug-likeness (QED) is 0.850. The van der Waals surface area contributed by atoms with Gasteiger partial charge in [0, 0.05) is 10.7 Å². The number of hydrogen-bond acceptors (Lipinski definition) is 3. The number of anilines is 1. The van der Waals surface area contributed by atoms with Crippen LogP contribution in [0.5, 0.6) is 11.5 Å². The second-order valence-electron chi connectivity index (χ2n) is 4.94. The van der Waals surface area contributed by atoms with Crippen molar-refractivity contribution in [3.63, 3.8) is 0 Å². The van der Waals surface area contributed by atoms with Crippen LogP contribution in [0.25, 0.3) is 0 Å². The minimum Gasteiger partial charge on any atom is -0.497 e. The molecule has 0 amide bonds. The first kappa shape index (κ1) is 15.5. The van der Waals surface area contributed by atoms with Crippen LogP contribution in [0.4, 0.5) is 5.69 Å². The van der Waals surface area contributed by atoms with Gasteiger partial charge >= 0.3 is 0 Å². The number of rotatable bonds is 6. The summed E-state index contributed by atoms with van der Waals surface area (Å²) in [6.45, 7) is 4.78. The summed E-state index contributed by atoms with van der Waals surface area (Å²) in [5, 5.41) is 4.09. The monoisotopic (exact) mass is 305 g/mol. The van der Waals surface area contributed by atoms with E-state index in [0.717, 1.165) is 27.8 Å². The largest absolute Gasteiger partial charge is 0.497 e. The summed E-state index contributed by atoms with van der Waals surface area (Å²) < 4.78 is 11.0. The molecule has 1 N–H and O–H groups in total. The predicted molar refractivity (Wildman–Crippen MR) is 87.8 cm³/mol. The molecule has 3 nitrogen and oxygen atoms in total. The minimum absolute atomic E-state index is 0.0387. The van der Waals surface area contributed by atoms with Gasteiger partial charge in [-0.15, -0.1) is 0 Å². The molecule has 0 saturated heterocycles. The van der Waals surface area contributed by atoms with Crippen LogP contribution in [0.15, 0.2) is 42.5 Å². The Labute approximate surface area is 130 Å². The van der Waals surface area contributed by atoms with E-state index in [4.69, 9.17) is 21.1 Å². The van der Waals surface area contributed by atoms with Gasteiger partial charge in [0.1, 0.15) is 17.6 Å². The van der Waals surface area contributed by atoms with Crippen LogP contribution in [0.2, 0.25) is 5.02 Å². The highest BCUT2D eigenvalue weighted by atomic mass is 35.5. The van der Waals surface area contributed by atoms with E-state index in [-0.39, 0.29) is 6.10 Å². The van der Waals surface area contributed by atoms with Crippen LogP contribution < -0.4 is 14.8 Å². The minimum atomic E-state index is 0.0387. The van der Waals surface area contributed by atoms with Crippen molar-refractivity contribution in [3.8, 4) is 11.5 Å². The van der Waals surface area contributed by atoms with Crippen LogP contribution in [0, 0.1) is 6.92 Å². The average Bonchev–Trinajstić information content (AvgIpc) is 2.49. The number of halogens is 1. The maximum atomic E-state index is 6.01. The number of hydrogen-bond donors (Lipinski definition) is 1. The fraction of sp³-hybridized carbons (Fsp3) is 0.294. The van der Waals surface area contributed by atoms with Gasteiger partial charge in [-0.25, -0.2) is 0 Å². The Hall–Kier alpha value is -1.87. The summed E-state index contributed by atoms with van der Waals surface area (Å²) in [7, 11) is 1.65. The molecule has 112 valence electrons. The number of benzene rings is 2. The Balaban J connectivity index is 1.89. The second-order valence-corrected chi connectivity index (χ2v) is 5.38. The lowest BCUT2D eigenvalue weighted by molar-refractivity contribution is 0.234. The van der Waals surface area contributed by atoms with Crippen molar-refractivity contribution in [1.29, 1.82) is 0 Å². The Morgan fingerprint density at radius 2 is 1.76 bits per heavy atom. The van der Waals surface area contributed by atoms with Crippen molar-refractivity contribution in [2.24, 2.45) is 0 Å². The summed E-state index contributed by atoms with van der Waals surface area (Å²) >= 11 is 6.01. The lowest BCUT2D eigenvalue weighted by Crippen LogP contribution is -2.22. The van der Waals surface area contributed by atoms with Crippen LogP contribution >= 0.6 is 11.6 Å². The molecule has 21 heavy (non-hydrogen) atoms. The van der Waals surface area contributed by atoms with Gasteiger partial charge in [-0.3, -0.25) is 0 Å². The number of methoxy groups -OCH3 is 1. The van der Waals surface area contributed by atoms with E-state index in [1.54, 1.807) is 7.11 Å². The lowest BCUT2D eigenvalue weighted by atomic mass is 10.2. The van der Waals surface area contributed by atoms with Crippen molar-refractivity contribution in [1.82, 2.24) is 0 Å². The van der Waals surface area contributed by atoms with E-state index in [1.807, 2.05) is 56.3 Å². The van der Waals surface area contributed by atoms with E-state index < -0.39 is 0 Å². The van der Waals surface area contributed by atoms with Crippen LogP contribution in [-0.4, -0.2) is 19.8 Å². The highest BCUT2D eigenvalue weighted by Gasteiger charge is 2.06. The molecule has 2 aromatic rings. The molecule has 2 rings (SSSR count). The van der Waals surface area contributed by atoms with Gasteiger partial charge in [0.05, 0.1) is 13.7 Å². The first-order chi connectivity index (χ1) is 10.1. The molecule has 0 aliphatic rings. The fourth-order valence-corrected chi connectivity index (χ4v) is 2.14. The third-order valence-electron chi connectivity index (χ3n) is 3.18. The van der Waals surface area contributed by atoms with Gasteiger partial charge in [-0.2, -0.15) is 0 Å². The van der Waals surface area contributed by atoms with Crippen molar-refractivity contribution in [2.75, 3.05) is 19.0 Å². The fourth-order valence-electron chi connectivity index (χ4n) is 1.97. The molecule has 1 unspecified atom stereocenters. The van der Waals surface area contributed by atoms with Crippen LogP contribution in [0.3, 0.4) is 0 Å². The van der Waals surface area contributed by atoms with Gasteiger partial charge in [0.15, 0.2) is 0 Å². The number of ether oxygens (including phenoxy) is 2. The molecule has 0 spiro atoms. The lowest BCUT2D eigenvalue weighted by Gasteiger charge is -2.17. The van der Waals surface area contributed by atoms with E-state index >= 15 is 0 Å². The number of nitrogens with one attached hydrogen (secondary N) is 1. The summed E-state index contributed by atoms with van der Waals surface area (Å²) in [4.78, 5) is 0. The molecule has 0 saturated carbocycles. The zero-order valence-electron chi connectivity index (χ0n) is 12.5. The van der Waals surface area contributed by atoms with E-state index in [0.29, 0.717) is 6.54 Å². The topological polar surface area (TPSA) is 30.5 Å². The van der Waals surface area contributed by atoms with Gasteiger partial charge in [0.2, 0.25) is 0 Å². The summed E-state index contributed by atoms with van der Waals surface area (Å²) in [6.07, 6.45) is 0.0387. The van der Waals surface area contributed by atoms with Crippen LogP contribution in [0.1, 0.15) is 12.5 Å². The Morgan fingerprint density at radius 3 is 2.43 bits per heavy atom. The Morgan fingerprint density at radius 1 is 1.10 bits per heavy atom. The smallest absolute Gasteiger partial charge is 0.120 e. The van der Waals surface area contributed by atoms with Gasteiger partial charge < -0.3 is 14.8 Å². The summed E-state index contributed by atoms with van der Waals surface area (Å²) in [6, 6.07) is 13.4. The molecule has 0 aliphatic carbocycles. The molecule has 0 bridgehead atoms. The molecule has 1 atom stereocenters. The molecule has 4 heteroatoms. The van der Waals surface area contributed by atoms with Gasteiger partial charge in [-0.05, 0) is 55.8 Å². The summed E-state index contributed by atoms with van der Waals surface area (Å²) in [5.41, 5.74) is 2.20. The summed E-state index contributed by atoms with van der Waals surface area (Å²) in [5.74, 6) is 1.65. The molecule has 0 fully saturated rings. The van der Waals surface area contributed by atoms with E-state index in [9.17, 15) is 0 Å². The number of aryl methyl sites for hydroxylation is 1. The van der Waals surface area contributed by atoms with E-state index in [1.165, 1.54) is 0 Å². The Bertz CT molecular complexity index is 584. The standard InChI is InChI=1S/C17H20ClNO2/c1-12-4-5-14(18)10-17(12)19-11-13(2)21-16-8-6-15(20-3)7-9-16/h4-10,13,19H,11H2,1-3H3. The second kappa shape index (κ2) is 7.23. The van der Waals surface area contributed by atoms with Gasteiger partial charge in [0.25, 0.3) is 0 Å². The SMILES string of the molecule is COc1ccc(OC(C)CNc2cc(Cl)ccc2C)cc1. The van der Waals surface area contributed by atoms with Crippen molar-refractivity contribution < 1.29 is 9.47 Å². The van der Waals surface area contributed by atoms with Crippen molar-refractivity contribution >= 4 is 17.3 Å². The average molecular weight is 306 g/mol. The molecule has 0 aromatic heterocycles. The van der Waals surface area contributed by atoms with Crippen molar-refractivity contribution in [2.45, 2.75) is 20.0 Å². The zero-order valence-corrected chi connectivity index (χ0v) is 13.3. The maximum Gasteiger partial charge on any atom is 0.120 e. The van der Waals surface area contributed by atoms with E-state index in [2.05, 4.69) is 5.32 Å². The molecule has 0 aliphatic heterocycles. The molecular weight excluding hydrogens is 286 g/mol. The normalized spacial score (nSPS) is 11.8. The highest BCUT2D eigenvalue weighted by molar-refractivity contribution is 6.30. The Kier molecular flexibility index (Phi) is 5.34. The molecule has 0 radical (unpaired) electrons. The van der Waals surface area contributed by atoms with Crippen LogP contribution in [-0.2, 0) is 0 Å². The molecule has 0 heterocycles. The zero-order chi connectivity index (χ0) is 15.2. The molecule has 2 aromatic carbocycles.